The van der Waals surface area contributed by atoms with Crippen molar-refractivity contribution in [1.82, 2.24) is 25.4 Å². The van der Waals surface area contributed by atoms with E-state index < -0.39 is 23.3 Å². The normalized spacial score (nSPS) is 10.7. The average molecular weight is 449 g/mol. The molecule has 0 saturated heterocycles. The summed E-state index contributed by atoms with van der Waals surface area (Å²) in [5.41, 5.74) is -1.79. The number of carbonyl (C=O) groups is 1. The van der Waals surface area contributed by atoms with Gasteiger partial charge in [0.2, 0.25) is 0 Å². The zero-order valence-electron chi connectivity index (χ0n) is 14.2. The summed E-state index contributed by atoms with van der Waals surface area (Å²) in [7, 11) is 0. The lowest BCUT2D eigenvalue weighted by atomic mass is 10.2. The van der Waals surface area contributed by atoms with E-state index in [1.54, 1.807) is 0 Å². The van der Waals surface area contributed by atoms with Crippen molar-refractivity contribution in [2.24, 2.45) is 0 Å². The third kappa shape index (κ3) is 6.53. The molecule has 1 amide bonds. The fourth-order valence-corrected chi connectivity index (χ4v) is 2.34. The van der Waals surface area contributed by atoms with Crippen LogP contribution in [0, 0.1) is 0 Å². The highest BCUT2D eigenvalue weighted by molar-refractivity contribution is 6.32. The lowest BCUT2D eigenvalue weighted by Gasteiger charge is -2.13. The Morgan fingerprint density at radius 2 is 1.96 bits per heavy atom. The molecule has 0 spiro atoms. The summed E-state index contributed by atoms with van der Waals surface area (Å²) in [5, 5.41) is 9.14. The zero-order chi connectivity index (χ0) is 18.4. The first-order chi connectivity index (χ1) is 11.9. The van der Waals surface area contributed by atoms with Gasteiger partial charge in [0, 0.05) is 19.3 Å². The van der Waals surface area contributed by atoms with Crippen LogP contribution < -0.4 is 10.6 Å². The number of rotatable bonds is 7. The average Bonchev–Trinajstić information content (AvgIpc) is 3.00. The molecule has 0 saturated carbocycles. The number of hydrogen-bond acceptors (Lipinski definition) is 4. The van der Waals surface area contributed by atoms with Gasteiger partial charge in [-0.25, -0.2) is 9.67 Å². The van der Waals surface area contributed by atoms with Gasteiger partial charge >= 0.3 is 6.18 Å². The first kappa shape index (κ1) is 25.4. The summed E-state index contributed by atoms with van der Waals surface area (Å²) in [6.07, 6.45) is -1.72. The van der Waals surface area contributed by atoms with E-state index in [0.717, 1.165) is 19.2 Å². The van der Waals surface area contributed by atoms with E-state index in [1.165, 1.54) is 18.3 Å². The van der Waals surface area contributed by atoms with Gasteiger partial charge in [-0.3, -0.25) is 4.79 Å². The first-order valence-corrected chi connectivity index (χ1v) is 7.99. The molecule has 0 aliphatic rings. The minimum atomic E-state index is -4.80. The summed E-state index contributed by atoms with van der Waals surface area (Å²) in [6, 6.07) is 2.88. The monoisotopic (exact) mass is 447 g/mol. The van der Waals surface area contributed by atoms with Crippen LogP contribution in [0.5, 0.6) is 0 Å². The van der Waals surface area contributed by atoms with Crippen LogP contribution in [0.15, 0.2) is 24.5 Å². The molecule has 2 aromatic heterocycles. The second kappa shape index (κ2) is 11.3. The molecule has 27 heavy (non-hydrogen) atoms. The highest BCUT2D eigenvalue weighted by Gasteiger charge is 2.41. The molecule has 2 rings (SSSR count). The molecular weight excluding hydrogens is 430 g/mol. The quantitative estimate of drug-likeness (QED) is 0.636. The van der Waals surface area contributed by atoms with E-state index in [1.807, 2.05) is 6.92 Å². The molecule has 0 aliphatic heterocycles. The Labute approximate surface area is 171 Å². The summed E-state index contributed by atoms with van der Waals surface area (Å²) in [4.78, 5) is 15.9. The van der Waals surface area contributed by atoms with E-state index in [4.69, 9.17) is 11.6 Å². The van der Waals surface area contributed by atoms with Gasteiger partial charge in [0.05, 0.1) is 16.8 Å². The number of aromatic nitrogens is 3. The standard InChI is InChI=1S/C15H17ClF3N5O.2ClH/c1-2-5-20-7-8-22-14(25)10-9-23-24(12(10)15(17,18)19)13-11(16)4-3-6-21-13;;/h3-4,6,9,20H,2,5,7-8H2,1H3,(H,22,25);2*1H. The van der Waals surface area contributed by atoms with Gasteiger partial charge in [-0.2, -0.15) is 18.3 Å². The maximum absolute atomic E-state index is 13.5. The maximum Gasteiger partial charge on any atom is 0.434 e. The molecule has 0 atom stereocenters. The molecule has 0 radical (unpaired) electrons. The van der Waals surface area contributed by atoms with E-state index >= 15 is 0 Å². The molecular formula is C15H19Cl3F3N5O. The summed E-state index contributed by atoms with van der Waals surface area (Å²) < 4.78 is 41.0. The number of nitrogens with one attached hydrogen (secondary N) is 2. The Bertz CT molecular complexity index is 740. The Balaban J connectivity index is 0.00000338. The van der Waals surface area contributed by atoms with Crippen LogP contribution in [0.1, 0.15) is 29.4 Å². The predicted octanol–water partition coefficient (Wildman–Crippen LogP) is 3.51. The summed E-state index contributed by atoms with van der Waals surface area (Å²) in [5.74, 6) is -1.05. The molecule has 0 fully saturated rings. The van der Waals surface area contributed by atoms with Gasteiger partial charge in [-0.15, -0.1) is 24.8 Å². The van der Waals surface area contributed by atoms with Crippen molar-refractivity contribution in [2.45, 2.75) is 19.5 Å². The van der Waals surface area contributed by atoms with E-state index in [9.17, 15) is 18.0 Å². The molecule has 0 aliphatic carbocycles. The largest absolute Gasteiger partial charge is 0.434 e. The van der Waals surface area contributed by atoms with Crippen molar-refractivity contribution in [2.75, 3.05) is 19.6 Å². The van der Waals surface area contributed by atoms with Gasteiger partial charge in [0.15, 0.2) is 11.5 Å². The van der Waals surface area contributed by atoms with Crippen LogP contribution in [-0.2, 0) is 6.18 Å². The fraction of sp³-hybridized carbons (Fsp3) is 0.400. The molecule has 0 aromatic carbocycles. The fourth-order valence-electron chi connectivity index (χ4n) is 2.14. The Kier molecular flexibility index (Phi) is 10.7. The van der Waals surface area contributed by atoms with Crippen LogP contribution >= 0.6 is 36.4 Å². The maximum atomic E-state index is 13.5. The van der Waals surface area contributed by atoms with E-state index in [2.05, 4.69) is 20.7 Å². The Hall–Kier alpha value is -1.55. The van der Waals surface area contributed by atoms with E-state index in [0.29, 0.717) is 11.2 Å². The number of pyridine rings is 1. The minimum Gasteiger partial charge on any atom is -0.351 e. The van der Waals surface area contributed by atoms with Crippen molar-refractivity contribution in [3.05, 3.63) is 40.8 Å². The van der Waals surface area contributed by atoms with Crippen LogP contribution in [0.25, 0.3) is 5.82 Å². The Morgan fingerprint density at radius 1 is 1.26 bits per heavy atom. The van der Waals surface area contributed by atoms with Crippen molar-refractivity contribution >= 4 is 42.3 Å². The minimum absolute atomic E-state index is 0. The van der Waals surface area contributed by atoms with Gasteiger partial charge in [0.25, 0.3) is 5.91 Å². The van der Waals surface area contributed by atoms with Crippen LogP contribution in [0.3, 0.4) is 0 Å². The van der Waals surface area contributed by atoms with Crippen molar-refractivity contribution in [3.63, 3.8) is 0 Å². The molecule has 12 heteroatoms. The van der Waals surface area contributed by atoms with Gasteiger partial charge in [-0.1, -0.05) is 18.5 Å². The third-order valence-corrected chi connectivity index (χ3v) is 3.53. The molecule has 2 aromatic rings. The van der Waals surface area contributed by atoms with Crippen LogP contribution in [0.2, 0.25) is 5.02 Å². The SMILES string of the molecule is CCCNCCNC(=O)c1cnn(-c2ncccc2Cl)c1C(F)(F)F.Cl.Cl. The lowest BCUT2D eigenvalue weighted by Crippen LogP contribution is -2.33. The van der Waals surface area contributed by atoms with Gasteiger partial charge in [-0.05, 0) is 25.1 Å². The highest BCUT2D eigenvalue weighted by atomic mass is 35.5. The van der Waals surface area contributed by atoms with E-state index in [-0.39, 0.29) is 42.2 Å². The smallest absolute Gasteiger partial charge is 0.351 e. The van der Waals surface area contributed by atoms with Crippen LogP contribution in [0.4, 0.5) is 13.2 Å². The molecule has 2 heterocycles. The lowest BCUT2D eigenvalue weighted by molar-refractivity contribution is -0.143. The van der Waals surface area contributed by atoms with Crippen molar-refractivity contribution in [1.29, 1.82) is 0 Å². The second-order valence-electron chi connectivity index (χ2n) is 5.13. The second-order valence-corrected chi connectivity index (χ2v) is 5.54. The summed E-state index contributed by atoms with van der Waals surface area (Å²) in [6.45, 7) is 3.41. The number of hydrogen-bond donors (Lipinski definition) is 2. The predicted molar refractivity (Wildman–Crippen MR) is 101 cm³/mol. The number of alkyl halides is 3. The van der Waals surface area contributed by atoms with Gasteiger partial charge < -0.3 is 10.6 Å². The zero-order valence-corrected chi connectivity index (χ0v) is 16.6. The molecule has 2 N–H and O–H groups in total. The number of amides is 1. The molecule has 0 bridgehead atoms. The van der Waals surface area contributed by atoms with Gasteiger partial charge in [0.1, 0.15) is 0 Å². The highest BCUT2D eigenvalue weighted by Crippen LogP contribution is 2.34. The number of nitrogens with zero attached hydrogens (tertiary/aromatic N) is 3. The molecule has 0 unspecified atom stereocenters. The van der Waals surface area contributed by atoms with Crippen molar-refractivity contribution in [3.8, 4) is 5.82 Å². The Morgan fingerprint density at radius 3 is 2.56 bits per heavy atom. The van der Waals surface area contributed by atoms with Crippen molar-refractivity contribution < 1.29 is 18.0 Å². The topological polar surface area (TPSA) is 71.8 Å². The van der Waals surface area contributed by atoms with Crippen LogP contribution in [-0.4, -0.2) is 40.3 Å². The number of carbonyl (C=O) groups excluding carboxylic acids is 1. The summed E-state index contributed by atoms with van der Waals surface area (Å²) >= 11 is 5.90. The molecule has 152 valence electrons. The third-order valence-electron chi connectivity index (χ3n) is 3.24. The molecule has 6 nitrogen and oxygen atoms in total. The first-order valence-electron chi connectivity index (χ1n) is 7.61. The number of halogens is 6.